The summed E-state index contributed by atoms with van der Waals surface area (Å²) < 4.78 is 35.7. The van der Waals surface area contributed by atoms with E-state index < -0.39 is 34.5 Å². The van der Waals surface area contributed by atoms with Gasteiger partial charge in [0.05, 0.1) is 17.9 Å². The lowest BCUT2D eigenvalue weighted by atomic mass is 9.98. The first-order valence-corrected chi connectivity index (χ1v) is 9.15. The molecule has 132 valence electrons. The van der Waals surface area contributed by atoms with Gasteiger partial charge in [0.2, 0.25) is 10.0 Å². The van der Waals surface area contributed by atoms with Crippen molar-refractivity contribution in [3.8, 4) is 0 Å². The zero-order valence-corrected chi connectivity index (χ0v) is 14.7. The smallest absolute Gasteiger partial charge is 0.344 e. The van der Waals surface area contributed by atoms with Gasteiger partial charge in [-0.1, -0.05) is 11.6 Å². The van der Waals surface area contributed by atoms with Gasteiger partial charge in [-0.3, -0.25) is 4.79 Å². The van der Waals surface area contributed by atoms with Gasteiger partial charge in [0.1, 0.15) is 0 Å². The number of nitrogens with zero attached hydrogens (tertiary/aromatic N) is 1. The average molecular weight is 376 g/mol. The number of halogens is 1. The van der Waals surface area contributed by atoms with E-state index in [2.05, 4.69) is 4.74 Å². The maximum atomic E-state index is 12.5. The third kappa shape index (κ3) is 4.46. The number of benzene rings is 1. The van der Waals surface area contributed by atoms with Crippen LogP contribution in [-0.2, 0) is 29.1 Å². The maximum absolute atomic E-state index is 12.5. The molecule has 9 heteroatoms. The maximum Gasteiger partial charge on any atom is 0.344 e. The van der Waals surface area contributed by atoms with Crippen LogP contribution in [0.4, 0.5) is 0 Å². The standard InChI is InChI=1S/C15H18ClNO6S/c1-22-14(18)10-23-15(19)11-6-8-17(9-7-11)24(20,21)13-4-2-12(16)3-5-13/h2-5,11H,6-10H2,1H3. The minimum absolute atomic E-state index is 0.165. The summed E-state index contributed by atoms with van der Waals surface area (Å²) in [5, 5.41) is 0.459. The number of esters is 2. The van der Waals surface area contributed by atoms with E-state index in [9.17, 15) is 18.0 Å². The molecule has 1 aromatic carbocycles. The predicted molar refractivity (Wildman–Crippen MR) is 85.9 cm³/mol. The lowest BCUT2D eigenvalue weighted by Gasteiger charge is -2.30. The molecule has 0 saturated carbocycles. The minimum Gasteiger partial charge on any atom is -0.466 e. The van der Waals surface area contributed by atoms with Gasteiger partial charge in [0, 0.05) is 18.1 Å². The highest BCUT2D eigenvalue weighted by Gasteiger charge is 2.33. The van der Waals surface area contributed by atoms with Crippen molar-refractivity contribution >= 4 is 33.6 Å². The van der Waals surface area contributed by atoms with Crippen molar-refractivity contribution in [2.45, 2.75) is 17.7 Å². The highest BCUT2D eigenvalue weighted by atomic mass is 35.5. The Hall–Kier alpha value is -1.64. The van der Waals surface area contributed by atoms with E-state index in [4.69, 9.17) is 16.3 Å². The Morgan fingerprint density at radius 1 is 1.21 bits per heavy atom. The molecule has 0 spiro atoms. The van der Waals surface area contributed by atoms with Crippen LogP contribution in [0.2, 0.25) is 5.02 Å². The Labute approximate surface area is 145 Å². The molecule has 0 N–H and O–H groups in total. The largest absolute Gasteiger partial charge is 0.466 e. The van der Waals surface area contributed by atoms with Gasteiger partial charge in [-0.25, -0.2) is 13.2 Å². The molecule has 0 atom stereocenters. The SMILES string of the molecule is COC(=O)COC(=O)C1CCN(S(=O)(=O)c2ccc(Cl)cc2)CC1. The van der Waals surface area contributed by atoms with Gasteiger partial charge in [-0.05, 0) is 37.1 Å². The lowest BCUT2D eigenvalue weighted by molar-refractivity contribution is -0.160. The zero-order valence-electron chi connectivity index (χ0n) is 13.1. The van der Waals surface area contributed by atoms with Gasteiger partial charge in [-0.15, -0.1) is 0 Å². The van der Waals surface area contributed by atoms with Crippen LogP contribution < -0.4 is 0 Å². The van der Waals surface area contributed by atoms with E-state index in [1.807, 2.05) is 0 Å². The van der Waals surface area contributed by atoms with Crippen LogP contribution in [0.5, 0.6) is 0 Å². The first-order chi connectivity index (χ1) is 11.3. The topological polar surface area (TPSA) is 90.0 Å². The van der Waals surface area contributed by atoms with Crippen molar-refractivity contribution in [2.24, 2.45) is 5.92 Å². The Bertz CT molecular complexity index is 695. The van der Waals surface area contributed by atoms with Crippen molar-refractivity contribution in [1.29, 1.82) is 0 Å². The van der Waals surface area contributed by atoms with Crippen LogP contribution in [0.25, 0.3) is 0 Å². The molecule has 24 heavy (non-hydrogen) atoms. The number of hydrogen-bond donors (Lipinski definition) is 0. The Kier molecular flexibility index (Phi) is 6.20. The minimum atomic E-state index is -3.61. The summed E-state index contributed by atoms with van der Waals surface area (Å²) in [6.45, 7) is -0.00940. The van der Waals surface area contributed by atoms with Crippen LogP contribution in [-0.4, -0.2) is 51.5 Å². The van der Waals surface area contributed by atoms with Crippen LogP contribution >= 0.6 is 11.6 Å². The highest BCUT2D eigenvalue weighted by Crippen LogP contribution is 2.25. The molecule has 1 heterocycles. The second-order valence-corrected chi connectivity index (χ2v) is 7.69. The van der Waals surface area contributed by atoms with Gasteiger partial charge >= 0.3 is 11.9 Å². The summed E-state index contributed by atoms with van der Waals surface area (Å²) in [6.07, 6.45) is 0.680. The average Bonchev–Trinajstić information content (AvgIpc) is 2.59. The number of ether oxygens (including phenoxy) is 2. The molecule has 7 nitrogen and oxygen atoms in total. The Morgan fingerprint density at radius 3 is 2.33 bits per heavy atom. The molecular weight excluding hydrogens is 358 g/mol. The third-order valence-electron chi connectivity index (χ3n) is 3.80. The second-order valence-electron chi connectivity index (χ2n) is 5.32. The highest BCUT2D eigenvalue weighted by molar-refractivity contribution is 7.89. The number of rotatable bonds is 5. The van der Waals surface area contributed by atoms with Crippen LogP contribution in [0.15, 0.2) is 29.2 Å². The third-order valence-corrected chi connectivity index (χ3v) is 5.96. The molecule has 0 aromatic heterocycles. The molecule has 1 saturated heterocycles. The molecule has 1 aliphatic rings. The first-order valence-electron chi connectivity index (χ1n) is 7.33. The molecule has 1 aliphatic heterocycles. The van der Waals surface area contributed by atoms with Crippen LogP contribution in [0.3, 0.4) is 0 Å². The number of methoxy groups -OCH3 is 1. The van der Waals surface area contributed by atoms with E-state index in [0.717, 1.165) is 0 Å². The first kappa shape index (κ1) is 18.7. The molecule has 1 fully saturated rings. The van der Waals surface area contributed by atoms with Gasteiger partial charge in [0.25, 0.3) is 0 Å². The van der Waals surface area contributed by atoms with E-state index in [1.54, 1.807) is 0 Å². The molecule has 1 aromatic rings. The quantitative estimate of drug-likeness (QED) is 0.724. The molecule has 0 unspecified atom stereocenters. The number of carbonyl (C=O) groups is 2. The van der Waals surface area contributed by atoms with Crippen molar-refractivity contribution in [1.82, 2.24) is 4.31 Å². The van der Waals surface area contributed by atoms with E-state index >= 15 is 0 Å². The molecule has 0 bridgehead atoms. The number of sulfonamides is 1. The Morgan fingerprint density at radius 2 is 1.79 bits per heavy atom. The summed E-state index contributed by atoms with van der Waals surface area (Å²) in [4.78, 5) is 23.0. The molecule has 0 aliphatic carbocycles. The summed E-state index contributed by atoms with van der Waals surface area (Å²) in [5.41, 5.74) is 0. The van der Waals surface area contributed by atoms with Gasteiger partial charge < -0.3 is 9.47 Å². The fourth-order valence-electron chi connectivity index (χ4n) is 2.39. The molecule has 0 radical (unpaired) electrons. The van der Waals surface area contributed by atoms with Crippen LogP contribution in [0, 0.1) is 5.92 Å². The van der Waals surface area contributed by atoms with Gasteiger partial charge in [0.15, 0.2) is 6.61 Å². The lowest BCUT2D eigenvalue weighted by Crippen LogP contribution is -2.40. The summed E-state index contributed by atoms with van der Waals surface area (Å²) in [7, 11) is -2.40. The van der Waals surface area contributed by atoms with Crippen molar-refractivity contribution in [3.05, 3.63) is 29.3 Å². The van der Waals surface area contributed by atoms with Gasteiger partial charge in [-0.2, -0.15) is 4.31 Å². The number of hydrogen-bond acceptors (Lipinski definition) is 6. The zero-order chi connectivity index (χ0) is 17.7. The molecule has 2 rings (SSSR count). The van der Waals surface area contributed by atoms with E-state index in [-0.39, 0.29) is 18.0 Å². The van der Waals surface area contributed by atoms with Crippen molar-refractivity contribution in [3.63, 3.8) is 0 Å². The predicted octanol–water partition coefficient (Wildman–Crippen LogP) is 1.46. The fraction of sp³-hybridized carbons (Fsp3) is 0.467. The second kappa shape index (κ2) is 7.96. The summed E-state index contributed by atoms with van der Waals surface area (Å²) in [5.74, 6) is -1.57. The van der Waals surface area contributed by atoms with Crippen molar-refractivity contribution < 1.29 is 27.5 Å². The van der Waals surface area contributed by atoms with Crippen LogP contribution in [0.1, 0.15) is 12.8 Å². The van der Waals surface area contributed by atoms with E-state index in [0.29, 0.717) is 17.9 Å². The van der Waals surface area contributed by atoms with E-state index in [1.165, 1.54) is 35.7 Å². The Balaban J connectivity index is 1.93. The number of carbonyl (C=O) groups excluding carboxylic acids is 2. The number of piperidine rings is 1. The normalized spacial score (nSPS) is 16.6. The summed E-state index contributed by atoms with van der Waals surface area (Å²) in [6, 6.07) is 5.94. The summed E-state index contributed by atoms with van der Waals surface area (Å²) >= 11 is 5.77. The monoisotopic (exact) mass is 375 g/mol. The molecule has 0 amide bonds. The van der Waals surface area contributed by atoms with Crippen molar-refractivity contribution in [2.75, 3.05) is 26.8 Å². The molecular formula is C15H18ClNO6S. The fourth-order valence-corrected chi connectivity index (χ4v) is 3.99.